The van der Waals surface area contributed by atoms with Crippen LogP contribution in [0, 0.1) is 5.82 Å². The maximum absolute atomic E-state index is 13.3. The highest BCUT2D eigenvalue weighted by molar-refractivity contribution is 5.23. The summed E-state index contributed by atoms with van der Waals surface area (Å²) in [6, 6.07) is 6.10. The number of halogens is 1. The largest absolute Gasteiger partial charge is 0.488 e. The molecule has 0 saturated carbocycles. The Morgan fingerprint density at radius 3 is 2.70 bits per heavy atom. The van der Waals surface area contributed by atoms with Crippen LogP contribution in [0.15, 0.2) is 24.3 Å². The van der Waals surface area contributed by atoms with E-state index in [0.717, 1.165) is 6.42 Å². The topological polar surface area (TPSA) is 61.7 Å². The molecule has 2 unspecified atom stereocenters. The Morgan fingerprint density at radius 1 is 1.40 bits per heavy atom. The van der Waals surface area contributed by atoms with Crippen LogP contribution < -0.4 is 10.1 Å². The molecule has 2 atom stereocenters. The predicted molar refractivity (Wildman–Crippen MR) is 76.3 cm³/mol. The lowest BCUT2D eigenvalue weighted by Crippen LogP contribution is -2.47. The minimum atomic E-state index is -0.737. The maximum Gasteiger partial charge on any atom is 0.165 e. The van der Waals surface area contributed by atoms with E-state index in [-0.39, 0.29) is 24.5 Å². The normalized spacial score (nSPS) is 15.7. The van der Waals surface area contributed by atoms with Crippen LogP contribution >= 0.6 is 0 Å². The third kappa shape index (κ3) is 5.45. The number of aliphatic hydroxyl groups excluding tert-OH is 2. The summed E-state index contributed by atoms with van der Waals surface area (Å²) in [4.78, 5) is 0. The molecule has 0 heterocycles. The summed E-state index contributed by atoms with van der Waals surface area (Å²) in [5.41, 5.74) is -0.215. The average Bonchev–Trinajstić information content (AvgIpc) is 2.44. The molecule has 0 fully saturated rings. The van der Waals surface area contributed by atoms with Crippen LogP contribution in [0.1, 0.15) is 26.7 Å². The summed E-state index contributed by atoms with van der Waals surface area (Å²) >= 11 is 0. The molecule has 0 aromatic heterocycles. The summed E-state index contributed by atoms with van der Waals surface area (Å²) in [7, 11) is 0. The van der Waals surface area contributed by atoms with Crippen molar-refractivity contribution in [2.75, 3.05) is 19.8 Å². The smallest absolute Gasteiger partial charge is 0.165 e. The number of β-amino-alcohol motifs (C(OH)–C–C–N with tert-alkyl or cyclic N) is 1. The molecule has 1 aromatic carbocycles. The van der Waals surface area contributed by atoms with Gasteiger partial charge in [0.2, 0.25) is 0 Å². The second-order valence-corrected chi connectivity index (χ2v) is 5.16. The van der Waals surface area contributed by atoms with Gasteiger partial charge in [-0.25, -0.2) is 4.39 Å². The highest BCUT2D eigenvalue weighted by atomic mass is 19.1. The number of hydrogen-bond donors (Lipinski definition) is 3. The first kappa shape index (κ1) is 16.9. The van der Waals surface area contributed by atoms with Crippen molar-refractivity contribution in [1.82, 2.24) is 5.32 Å². The van der Waals surface area contributed by atoms with Crippen molar-refractivity contribution in [2.24, 2.45) is 0 Å². The van der Waals surface area contributed by atoms with E-state index in [1.54, 1.807) is 12.1 Å². The van der Waals surface area contributed by atoms with Crippen molar-refractivity contribution in [3.63, 3.8) is 0 Å². The molecule has 20 heavy (non-hydrogen) atoms. The van der Waals surface area contributed by atoms with Crippen molar-refractivity contribution in [1.29, 1.82) is 0 Å². The van der Waals surface area contributed by atoms with Crippen molar-refractivity contribution in [3.05, 3.63) is 30.1 Å². The van der Waals surface area contributed by atoms with Gasteiger partial charge in [-0.15, -0.1) is 0 Å². The first-order valence-corrected chi connectivity index (χ1v) is 6.92. The molecule has 0 bridgehead atoms. The number of hydrogen-bond acceptors (Lipinski definition) is 4. The molecule has 0 amide bonds. The van der Waals surface area contributed by atoms with Crippen LogP contribution in [-0.2, 0) is 0 Å². The molecule has 0 aliphatic heterocycles. The molecule has 0 radical (unpaired) electrons. The van der Waals surface area contributed by atoms with E-state index in [2.05, 4.69) is 5.32 Å². The van der Waals surface area contributed by atoms with Crippen molar-refractivity contribution >= 4 is 0 Å². The summed E-state index contributed by atoms with van der Waals surface area (Å²) in [6.45, 7) is 4.46. The number of rotatable bonds is 9. The second kappa shape index (κ2) is 8.19. The van der Waals surface area contributed by atoms with Gasteiger partial charge in [0.15, 0.2) is 11.6 Å². The summed E-state index contributed by atoms with van der Waals surface area (Å²) in [5.74, 6) is -0.300. The number of nitrogens with one attached hydrogen (secondary N) is 1. The van der Waals surface area contributed by atoms with Gasteiger partial charge >= 0.3 is 0 Å². The second-order valence-electron chi connectivity index (χ2n) is 5.16. The Hall–Kier alpha value is -1.17. The Balaban J connectivity index is 2.37. The van der Waals surface area contributed by atoms with Gasteiger partial charge in [0, 0.05) is 18.7 Å². The number of ether oxygens (including phenoxy) is 1. The molecule has 0 saturated heterocycles. The first-order valence-electron chi connectivity index (χ1n) is 6.92. The summed E-state index contributed by atoms with van der Waals surface area (Å²) in [6.07, 6.45) is 0.720. The summed E-state index contributed by atoms with van der Waals surface area (Å²) < 4.78 is 18.6. The molecular formula is C15H24FNO3. The van der Waals surface area contributed by atoms with E-state index in [9.17, 15) is 9.50 Å². The molecular weight excluding hydrogens is 261 g/mol. The van der Waals surface area contributed by atoms with Gasteiger partial charge in [-0.1, -0.05) is 19.1 Å². The van der Waals surface area contributed by atoms with Crippen LogP contribution in [0.2, 0.25) is 0 Å². The van der Waals surface area contributed by atoms with E-state index in [1.807, 2.05) is 13.8 Å². The third-order valence-corrected chi connectivity index (χ3v) is 3.48. The van der Waals surface area contributed by atoms with E-state index in [4.69, 9.17) is 9.84 Å². The fourth-order valence-corrected chi connectivity index (χ4v) is 1.81. The zero-order chi connectivity index (χ0) is 15.0. The highest BCUT2D eigenvalue weighted by Crippen LogP contribution is 2.16. The lowest BCUT2D eigenvalue weighted by Gasteiger charge is -2.30. The molecule has 114 valence electrons. The molecule has 0 spiro atoms. The quantitative estimate of drug-likeness (QED) is 0.646. The molecule has 4 nitrogen and oxygen atoms in total. The molecule has 3 N–H and O–H groups in total. The van der Waals surface area contributed by atoms with Crippen LogP contribution in [0.3, 0.4) is 0 Å². The standard InChI is InChI=1S/C15H24FNO3/c1-3-15(2,8-9-18)17-10-12(19)11-20-14-7-5-4-6-13(14)16/h4-7,12,17-19H,3,8-11H2,1-2H3. The van der Waals surface area contributed by atoms with Crippen molar-refractivity contribution in [3.8, 4) is 5.75 Å². The number of benzene rings is 1. The van der Waals surface area contributed by atoms with Gasteiger partial charge < -0.3 is 20.3 Å². The first-order chi connectivity index (χ1) is 9.50. The average molecular weight is 285 g/mol. The molecule has 1 aromatic rings. The van der Waals surface area contributed by atoms with E-state index >= 15 is 0 Å². The van der Waals surface area contributed by atoms with Crippen LogP contribution in [0.25, 0.3) is 0 Å². The monoisotopic (exact) mass is 285 g/mol. The molecule has 0 aliphatic carbocycles. The fourth-order valence-electron chi connectivity index (χ4n) is 1.81. The van der Waals surface area contributed by atoms with E-state index in [0.29, 0.717) is 13.0 Å². The lowest BCUT2D eigenvalue weighted by molar-refractivity contribution is 0.0916. The van der Waals surface area contributed by atoms with Gasteiger partial charge in [0.05, 0.1) is 0 Å². The fraction of sp³-hybridized carbons (Fsp3) is 0.600. The number of aliphatic hydroxyl groups is 2. The van der Waals surface area contributed by atoms with Crippen LogP contribution in [0.5, 0.6) is 5.75 Å². The van der Waals surface area contributed by atoms with Crippen LogP contribution in [0.4, 0.5) is 4.39 Å². The number of para-hydroxylation sites is 1. The SMILES string of the molecule is CCC(C)(CCO)NCC(O)COc1ccccc1F. The van der Waals surface area contributed by atoms with Gasteiger partial charge in [0.1, 0.15) is 12.7 Å². The highest BCUT2D eigenvalue weighted by Gasteiger charge is 2.21. The lowest BCUT2D eigenvalue weighted by atomic mass is 9.95. The Kier molecular flexibility index (Phi) is 6.91. The minimum absolute atomic E-state index is 0.0207. The van der Waals surface area contributed by atoms with Crippen molar-refractivity contribution < 1.29 is 19.3 Å². The Bertz CT molecular complexity index is 402. The molecule has 0 aliphatic rings. The zero-order valence-electron chi connectivity index (χ0n) is 12.1. The van der Waals surface area contributed by atoms with Gasteiger partial charge in [0.25, 0.3) is 0 Å². The minimum Gasteiger partial charge on any atom is -0.488 e. The van der Waals surface area contributed by atoms with Gasteiger partial charge in [-0.3, -0.25) is 0 Å². The predicted octanol–water partition coefficient (Wildman–Crippen LogP) is 1.71. The Morgan fingerprint density at radius 2 is 2.10 bits per heavy atom. The third-order valence-electron chi connectivity index (χ3n) is 3.48. The van der Waals surface area contributed by atoms with Crippen LogP contribution in [-0.4, -0.2) is 41.6 Å². The van der Waals surface area contributed by atoms with Crippen molar-refractivity contribution in [2.45, 2.75) is 38.3 Å². The summed E-state index contributed by atoms with van der Waals surface area (Å²) in [5, 5.41) is 22.1. The van der Waals surface area contributed by atoms with E-state index < -0.39 is 11.9 Å². The maximum atomic E-state index is 13.3. The zero-order valence-corrected chi connectivity index (χ0v) is 12.1. The molecule has 5 heteroatoms. The van der Waals surface area contributed by atoms with Gasteiger partial charge in [-0.2, -0.15) is 0 Å². The van der Waals surface area contributed by atoms with Gasteiger partial charge in [-0.05, 0) is 31.9 Å². The Labute approximate surface area is 119 Å². The molecule has 1 rings (SSSR count). The van der Waals surface area contributed by atoms with E-state index in [1.165, 1.54) is 12.1 Å².